The van der Waals surface area contributed by atoms with E-state index < -0.39 is 0 Å². The molecule has 1 N–H and O–H groups in total. The molecule has 3 nitrogen and oxygen atoms in total. The summed E-state index contributed by atoms with van der Waals surface area (Å²) in [5.74, 6) is 1.06. The molecule has 0 radical (unpaired) electrons. The first-order valence-electron chi connectivity index (χ1n) is 4.31. The van der Waals surface area contributed by atoms with Gasteiger partial charge in [0.25, 0.3) is 0 Å². The molecule has 0 saturated carbocycles. The zero-order valence-corrected chi connectivity index (χ0v) is 7.29. The maximum absolute atomic E-state index is 5.25. The van der Waals surface area contributed by atoms with Gasteiger partial charge in [0.1, 0.15) is 5.76 Å². The molecule has 0 aliphatic carbocycles. The predicted molar refractivity (Wildman–Crippen MR) is 46.8 cm³/mol. The zero-order chi connectivity index (χ0) is 8.39. The highest BCUT2D eigenvalue weighted by Gasteiger charge is 2.33. The van der Waals surface area contributed by atoms with Crippen molar-refractivity contribution in [1.29, 1.82) is 0 Å². The molecule has 1 aromatic rings. The molecule has 0 aromatic carbocycles. The summed E-state index contributed by atoms with van der Waals surface area (Å²) in [5.41, 5.74) is 0. The number of rotatable bonds is 4. The highest BCUT2D eigenvalue weighted by atomic mass is 16.3. The van der Waals surface area contributed by atoms with Crippen molar-refractivity contribution in [3.8, 4) is 0 Å². The third-order valence-corrected chi connectivity index (χ3v) is 2.21. The summed E-state index contributed by atoms with van der Waals surface area (Å²) in [7, 11) is 1.99. The van der Waals surface area contributed by atoms with Crippen molar-refractivity contribution in [3.63, 3.8) is 0 Å². The van der Waals surface area contributed by atoms with Crippen molar-refractivity contribution in [2.45, 2.75) is 12.6 Å². The van der Waals surface area contributed by atoms with Gasteiger partial charge in [0, 0.05) is 19.1 Å². The van der Waals surface area contributed by atoms with Crippen LogP contribution in [0.3, 0.4) is 0 Å². The molecule has 1 aromatic heterocycles. The van der Waals surface area contributed by atoms with E-state index in [1.807, 2.05) is 19.2 Å². The minimum atomic E-state index is 0.722. The molecule has 3 heteroatoms. The second-order valence-corrected chi connectivity index (χ2v) is 3.22. The maximum atomic E-state index is 5.25. The van der Waals surface area contributed by atoms with Crippen molar-refractivity contribution >= 4 is 0 Å². The van der Waals surface area contributed by atoms with Crippen molar-refractivity contribution in [1.82, 2.24) is 10.2 Å². The van der Waals surface area contributed by atoms with E-state index in [4.69, 9.17) is 4.42 Å². The minimum absolute atomic E-state index is 0.722. The number of hydrogen-bond acceptors (Lipinski definition) is 3. The van der Waals surface area contributed by atoms with E-state index >= 15 is 0 Å². The smallest absolute Gasteiger partial charge is 0.117 e. The Morgan fingerprint density at radius 2 is 2.67 bits per heavy atom. The van der Waals surface area contributed by atoms with Gasteiger partial charge in [0.15, 0.2) is 0 Å². The molecule has 1 fully saturated rings. The third-order valence-electron chi connectivity index (χ3n) is 2.21. The fourth-order valence-corrected chi connectivity index (χ4v) is 1.45. The monoisotopic (exact) mass is 166 g/mol. The van der Waals surface area contributed by atoms with Crippen molar-refractivity contribution in [2.24, 2.45) is 0 Å². The summed E-state index contributed by atoms with van der Waals surface area (Å²) in [6.45, 7) is 3.24. The molecule has 1 saturated heterocycles. The van der Waals surface area contributed by atoms with Gasteiger partial charge in [0.2, 0.25) is 0 Å². The Morgan fingerprint density at radius 1 is 1.75 bits per heavy atom. The SMILES string of the molecule is CNCC1CN1Cc1ccco1. The lowest BCUT2D eigenvalue weighted by Gasteiger charge is -1.99. The number of nitrogens with zero attached hydrogens (tertiary/aromatic N) is 1. The second kappa shape index (κ2) is 3.29. The highest BCUT2D eigenvalue weighted by molar-refractivity contribution is 5.02. The van der Waals surface area contributed by atoms with Gasteiger partial charge in [-0.25, -0.2) is 0 Å². The van der Waals surface area contributed by atoms with Gasteiger partial charge in [-0.3, -0.25) is 4.90 Å². The zero-order valence-electron chi connectivity index (χ0n) is 7.29. The van der Waals surface area contributed by atoms with Gasteiger partial charge >= 0.3 is 0 Å². The van der Waals surface area contributed by atoms with Gasteiger partial charge < -0.3 is 9.73 Å². The molecule has 2 rings (SSSR count). The lowest BCUT2D eigenvalue weighted by Crippen LogP contribution is -2.17. The first-order chi connectivity index (χ1) is 5.90. The Bertz CT molecular complexity index is 233. The van der Waals surface area contributed by atoms with Gasteiger partial charge in [-0.2, -0.15) is 0 Å². The van der Waals surface area contributed by atoms with Crippen molar-refractivity contribution < 1.29 is 4.42 Å². The Balaban J connectivity index is 1.77. The highest BCUT2D eigenvalue weighted by Crippen LogP contribution is 2.20. The van der Waals surface area contributed by atoms with Crippen molar-refractivity contribution in [3.05, 3.63) is 24.2 Å². The fourth-order valence-electron chi connectivity index (χ4n) is 1.45. The van der Waals surface area contributed by atoms with Crippen LogP contribution in [0.2, 0.25) is 0 Å². The summed E-state index contributed by atoms with van der Waals surface area (Å²) < 4.78 is 5.25. The van der Waals surface area contributed by atoms with Crippen LogP contribution in [-0.2, 0) is 6.54 Å². The molecule has 1 aliphatic rings. The first-order valence-corrected chi connectivity index (χ1v) is 4.31. The quantitative estimate of drug-likeness (QED) is 0.667. The first kappa shape index (κ1) is 7.83. The number of nitrogens with one attached hydrogen (secondary N) is 1. The fraction of sp³-hybridized carbons (Fsp3) is 0.556. The van der Waals surface area contributed by atoms with Crippen LogP contribution in [0, 0.1) is 0 Å². The van der Waals surface area contributed by atoms with Crippen molar-refractivity contribution in [2.75, 3.05) is 20.1 Å². The average molecular weight is 166 g/mol. The molecular weight excluding hydrogens is 152 g/mol. The van der Waals surface area contributed by atoms with Gasteiger partial charge in [-0.1, -0.05) is 0 Å². The number of likely N-dealkylation sites (N-methyl/N-ethyl adjacent to an activating group) is 1. The van der Waals surface area contributed by atoms with Crippen LogP contribution in [0.25, 0.3) is 0 Å². The van der Waals surface area contributed by atoms with E-state index in [0.29, 0.717) is 0 Å². The van der Waals surface area contributed by atoms with Gasteiger partial charge in [-0.05, 0) is 19.2 Å². The molecule has 0 spiro atoms. The maximum Gasteiger partial charge on any atom is 0.117 e. The largest absolute Gasteiger partial charge is 0.468 e. The van der Waals surface area contributed by atoms with E-state index in [2.05, 4.69) is 10.2 Å². The Labute approximate surface area is 72.4 Å². The summed E-state index contributed by atoms with van der Waals surface area (Å²) >= 11 is 0. The second-order valence-electron chi connectivity index (χ2n) is 3.22. The predicted octanol–water partition coefficient (Wildman–Crippen LogP) is 0.683. The molecule has 0 amide bonds. The van der Waals surface area contributed by atoms with Crippen LogP contribution < -0.4 is 5.32 Å². The summed E-state index contributed by atoms with van der Waals surface area (Å²) in [4.78, 5) is 2.38. The molecule has 2 unspecified atom stereocenters. The third kappa shape index (κ3) is 1.68. The van der Waals surface area contributed by atoms with Gasteiger partial charge in [-0.15, -0.1) is 0 Å². The Morgan fingerprint density at radius 3 is 3.33 bits per heavy atom. The molecule has 2 heterocycles. The molecule has 0 bridgehead atoms. The Kier molecular flexibility index (Phi) is 2.15. The van der Waals surface area contributed by atoms with E-state index in [0.717, 1.165) is 24.9 Å². The van der Waals surface area contributed by atoms with Crippen LogP contribution in [-0.4, -0.2) is 31.1 Å². The summed E-state index contributed by atoms with van der Waals surface area (Å²) in [6.07, 6.45) is 1.73. The lowest BCUT2D eigenvalue weighted by molar-refractivity contribution is 0.410. The lowest BCUT2D eigenvalue weighted by atomic mass is 10.4. The normalized spacial score (nSPS) is 27.4. The average Bonchev–Trinajstić information content (AvgIpc) is 2.62. The minimum Gasteiger partial charge on any atom is -0.468 e. The molecule has 66 valence electrons. The summed E-state index contributed by atoms with van der Waals surface area (Å²) in [5, 5.41) is 3.17. The topological polar surface area (TPSA) is 28.2 Å². The molecule has 2 atom stereocenters. The molecular formula is C9H14N2O. The Hall–Kier alpha value is -0.800. The number of hydrogen-bond donors (Lipinski definition) is 1. The van der Waals surface area contributed by atoms with Crippen LogP contribution in [0.15, 0.2) is 22.8 Å². The van der Waals surface area contributed by atoms with Crippen LogP contribution >= 0.6 is 0 Å². The van der Waals surface area contributed by atoms with E-state index in [9.17, 15) is 0 Å². The van der Waals surface area contributed by atoms with E-state index in [1.165, 1.54) is 6.54 Å². The van der Waals surface area contributed by atoms with Crippen LogP contribution in [0.4, 0.5) is 0 Å². The van der Waals surface area contributed by atoms with Crippen LogP contribution in [0.1, 0.15) is 5.76 Å². The number of furan rings is 1. The van der Waals surface area contributed by atoms with Gasteiger partial charge in [0.05, 0.1) is 12.8 Å². The summed E-state index contributed by atoms with van der Waals surface area (Å²) in [6, 6.07) is 4.68. The standard InChI is InChI=1S/C9H14N2O/c1-10-5-8-6-11(8)7-9-3-2-4-12-9/h2-4,8,10H,5-7H2,1H3. The van der Waals surface area contributed by atoms with E-state index in [-0.39, 0.29) is 0 Å². The van der Waals surface area contributed by atoms with E-state index in [1.54, 1.807) is 6.26 Å². The molecule has 1 aliphatic heterocycles. The molecule has 12 heavy (non-hydrogen) atoms. The van der Waals surface area contributed by atoms with Crippen LogP contribution in [0.5, 0.6) is 0 Å².